The minimum atomic E-state index is -0.977. The summed E-state index contributed by atoms with van der Waals surface area (Å²) in [5.41, 5.74) is 0.479. The van der Waals surface area contributed by atoms with E-state index in [1.165, 1.54) is 6.04 Å². The number of carbonyl (C=O) groups excluding carboxylic acids is 1. The fourth-order valence-corrected chi connectivity index (χ4v) is 3.92. The monoisotopic (exact) mass is 228 g/mol. The fourth-order valence-electron chi connectivity index (χ4n) is 1.62. The summed E-state index contributed by atoms with van der Waals surface area (Å²) in [6, 6.07) is 1.29. The number of ether oxygens (including phenoxy) is 1. The van der Waals surface area contributed by atoms with Crippen molar-refractivity contribution in [3.63, 3.8) is 0 Å². The summed E-state index contributed by atoms with van der Waals surface area (Å²) < 4.78 is 5.07. The van der Waals surface area contributed by atoms with Crippen molar-refractivity contribution in [3.05, 3.63) is 12.2 Å². The Morgan fingerprint density at radius 2 is 1.93 bits per heavy atom. The zero-order valence-corrected chi connectivity index (χ0v) is 11.7. The molecule has 1 atom stereocenters. The Balaban J connectivity index is 3.69. The highest BCUT2D eigenvalue weighted by molar-refractivity contribution is 6.76. The summed E-state index contributed by atoms with van der Waals surface area (Å²) in [7, 11) is -0.977. The van der Waals surface area contributed by atoms with Crippen LogP contribution in [0.25, 0.3) is 0 Å². The number of hydrogen-bond donors (Lipinski definition) is 0. The van der Waals surface area contributed by atoms with Gasteiger partial charge in [0.1, 0.15) is 0 Å². The SMILES string of the molecule is C=C(C)C(=O)OCCC(C)C[Si](C)(C)C. The molecule has 0 rings (SSSR count). The second-order valence-electron chi connectivity index (χ2n) is 5.57. The molecule has 0 aliphatic rings. The molecule has 0 fully saturated rings. The van der Waals surface area contributed by atoms with Crippen LogP contribution < -0.4 is 0 Å². The minimum Gasteiger partial charge on any atom is -0.462 e. The highest BCUT2D eigenvalue weighted by Crippen LogP contribution is 2.19. The summed E-state index contributed by atoms with van der Waals surface area (Å²) in [5, 5.41) is 0. The highest BCUT2D eigenvalue weighted by Gasteiger charge is 2.17. The van der Waals surface area contributed by atoms with Crippen LogP contribution in [0.5, 0.6) is 0 Å². The normalized spacial score (nSPS) is 13.4. The van der Waals surface area contributed by atoms with Crippen molar-refractivity contribution in [2.45, 2.75) is 46.0 Å². The lowest BCUT2D eigenvalue weighted by molar-refractivity contribution is -0.139. The summed E-state index contributed by atoms with van der Waals surface area (Å²) in [6.45, 7) is 15.1. The Kier molecular flexibility index (Phi) is 5.87. The van der Waals surface area contributed by atoms with Gasteiger partial charge in [0.2, 0.25) is 0 Å². The molecule has 0 amide bonds. The first-order valence-corrected chi connectivity index (χ1v) is 9.25. The molecule has 15 heavy (non-hydrogen) atoms. The molecule has 1 unspecified atom stereocenters. The van der Waals surface area contributed by atoms with Crippen LogP contribution in [-0.2, 0) is 9.53 Å². The van der Waals surface area contributed by atoms with Crippen molar-refractivity contribution in [1.82, 2.24) is 0 Å². The maximum Gasteiger partial charge on any atom is 0.333 e. The molecule has 0 radical (unpaired) electrons. The number of esters is 1. The summed E-state index contributed by atoms with van der Waals surface area (Å²) >= 11 is 0. The van der Waals surface area contributed by atoms with Crippen LogP contribution in [0.3, 0.4) is 0 Å². The number of hydrogen-bond acceptors (Lipinski definition) is 2. The zero-order chi connectivity index (χ0) is 12.1. The van der Waals surface area contributed by atoms with Gasteiger partial charge in [0.25, 0.3) is 0 Å². The predicted octanol–water partition coefficient (Wildman–Crippen LogP) is 3.47. The van der Waals surface area contributed by atoms with E-state index in [0.717, 1.165) is 6.42 Å². The van der Waals surface area contributed by atoms with Gasteiger partial charge >= 0.3 is 5.97 Å². The van der Waals surface area contributed by atoms with Gasteiger partial charge in [-0.3, -0.25) is 0 Å². The van der Waals surface area contributed by atoms with Gasteiger partial charge in [0.15, 0.2) is 0 Å². The molecule has 0 saturated heterocycles. The quantitative estimate of drug-likeness (QED) is 0.395. The van der Waals surface area contributed by atoms with E-state index in [9.17, 15) is 4.79 Å². The third kappa shape index (κ3) is 8.42. The molecule has 3 heteroatoms. The average molecular weight is 228 g/mol. The second-order valence-corrected chi connectivity index (χ2v) is 11.1. The van der Waals surface area contributed by atoms with Gasteiger partial charge in [-0.2, -0.15) is 0 Å². The summed E-state index contributed by atoms with van der Waals surface area (Å²) in [6.07, 6.45) is 0.962. The van der Waals surface area contributed by atoms with Crippen LogP contribution in [-0.4, -0.2) is 20.7 Å². The molecule has 88 valence electrons. The van der Waals surface area contributed by atoms with Crippen LogP contribution in [0.2, 0.25) is 25.7 Å². The number of rotatable bonds is 6. The van der Waals surface area contributed by atoms with E-state index in [1.807, 2.05) is 0 Å². The van der Waals surface area contributed by atoms with Gasteiger partial charge < -0.3 is 4.74 Å². The Labute approximate surface area is 94.7 Å². The first kappa shape index (κ1) is 14.4. The molecule has 0 aromatic carbocycles. The maximum absolute atomic E-state index is 11.1. The van der Waals surface area contributed by atoms with Crippen molar-refractivity contribution < 1.29 is 9.53 Å². The molecule has 0 spiro atoms. The van der Waals surface area contributed by atoms with Crippen LogP contribution in [0, 0.1) is 5.92 Å². The molecule has 0 N–H and O–H groups in total. The topological polar surface area (TPSA) is 26.3 Å². The van der Waals surface area contributed by atoms with Crippen LogP contribution in [0.1, 0.15) is 20.3 Å². The molecule has 0 bridgehead atoms. The van der Waals surface area contributed by atoms with Gasteiger partial charge in [-0.25, -0.2) is 4.79 Å². The van der Waals surface area contributed by atoms with Crippen molar-refractivity contribution in [2.24, 2.45) is 5.92 Å². The molecule has 2 nitrogen and oxygen atoms in total. The standard InChI is InChI=1S/C12H24O2Si/c1-10(2)12(13)14-8-7-11(3)9-15(4,5)6/h11H,1,7-9H2,2-6H3. The Morgan fingerprint density at radius 3 is 2.33 bits per heavy atom. The van der Waals surface area contributed by atoms with Gasteiger partial charge in [0.05, 0.1) is 6.61 Å². The smallest absolute Gasteiger partial charge is 0.333 e. The molecular weight excluding hydrogens is 204 g/mol. The molecule has 0 saturated carbocycles. The summed E-state index contributed by atoms with van der Waals surface area (Å²) in [5.74, 6) is 0.379. The molecular formula is C12H24O2Si. The first-order valence-electron chi connectivity index (χ1n) is 5.55. The molecule has 0 aromatic heterocycles. The fraction of sp³-hybridized carbons (Fsp3) is 0.750. The Morgan fingerprint density at radius 1 is 1.40 bits per heavy atom. The van der Waals surface area contributed by atoms with Crippen molar-refractivity contribution in [3.8, 4) is 0 Å². The Hall–Kier alpha value is -0.573. The predicted molar refractivity (Wildman–Crippen MR) is 67.7 cm³/mol. The maximum atomic E-state index is 11.1. The highest BCUT2D eigenvalue weighted by atomic mass is 28.3. The van der Waals surface area contributed by atoms with Crippen molar-refractivity contribution in [2.75, 3.05) is 6.61 Å². The van der Waals surface area contributed by atoms with Crippen LogP contribution in [0.4, 0.5) is 0 Å². The average Bonchev–Trinajstić information content (AvgIpc) is 2.00. The lowest BCUT2D eigenvalue weighted by Gasteiger charge is -2.21. The van der Waals surface area contributed by atoms with E-state index in [4.69, 9.17) is 4.74 Å². The second kappa shape index (κ2) is 6.11. The summed E-state index contributed by atoms with van der Waals surface area (Å²) in [4.78, 5) is 11.1. The zero-order valence-electron chi connectivity index (χ0n) is 10.7. The van der Waals surface area contributed by atoms with Crippen molar-refractivity contribution >= 4 is 14.0 Å². The van der Waals surface area contributed by atoms with Crippen molar-refractivity contribution in [1.29, 1.82) is 0 Å². The van der Waals surface area contributed by atoms with E-state index in [0.29, 0.717) is 18.1 Å². The van der Waals surface area contributed by atoms with E-state index in [-0.39, 0.29) is 5.97 Å². The third-order valence-electron chi connectivity index (χ3n) is 2.15. The van der Waals surface area contributed by atoms with Gasteiger partial charge in [0, 0.05) is 13.6 Å². The third-order valence-corrected chi connectivity index (χ3v) is 4.07. The molecule has 0 aromatic rings. The lowest BCUT2D eigenvalue weighted by atomic mass is 10.1. The van der Waals surface area contributed by atoms with E-state index in [2.05, 4.69) is 33.1 Å². The van der Waals surface area contributed by atoms with Crippen LogP contribution >= 0.6 is 0 Å². The van der Waals surface area contributed by atoms with E-state index in [1.54, 1.807) is 6.92 Å². The lowest BCUT2D eigenvalue weighted by Crippen LogP contribution is -2.23. The van der Waals surface area contributed by atoms with E-state index < -0.39 is 8.07 Å². The largest absolute Gasteiger partial charge is 0.462 e. The van der Waals surface area contributed by atoms with Gasteiger partial charge in [-0.05, 0) is 19.3 Å². The van der Waals surface area contributed by atoms with Crippen LogP contribution in [0.15, 0.2) is 12.2 Å². The minimum absolute atomic E-state index is 0.268. The molecule has 0 aliphatic heterocycles. The first-order chi connectivity index (χ1) is 6.72. The van der Waals surface area contributed by atoms with Gasteiger partial charge in [-0.1, -0.05) is 39.2 Å². The van der Waals surface area contributed by atoms with Gasteiger partial charge in [-0.15, -0.1) is 0 Å². The molecule has 0 aliphatic carbocycles. The number of carbonyl (C=O) groups is 1. The molecule has 0 heterocycles. The Bertz CT molecular complexity index is 228. The van der Waals surface area contributed by atoms with E-state index >= 15 is 0 Å².